The number of hydrazine groups is 1. The Morgan fingerprint density at radius 3 is 2.50 bits per heavy atom. The molecule has 90 valence electrons. The topological polar surface area (TPSA) is 56.5 Å². The van der Waals surface area contributed by atoms with Gasteiger partial charge < -0.3 is 9.47 Å². The van der Waals surface area contributed by atoms with Crippen LogP contribution in [0.4, 0.5) is 0 Å². The highest BCUT2D eigenvalue weighted by Crippen LogP contribution is 2.19. The Labute approximate surface area is 96.7 Å². The molecule has 0 heterocycles. The maximum atomic E-state index is 5.52. The molecule has 3 N–H and O–H groups in total. The van der Waals surface area contributed by atoms with Gasteiger partial charge in [0.1, 0.15) is 5.75 Å². The quantitative estimate of drug-likeness (QED) is 0.420. The molecule has 4 nitrogen and oxygen atoms in total. The number of nitrogens with two attached hydrogens (primary N) is 1. The summed E-state index contributed by atoms with van der Waals surface area (Å²) in [6, 6.07) is 8.00. The minimum atomic E-state index is 0.123. The van der Waals surface area contributed by atoms with Crippen molar-refractivity contribution in [1.82, 2.24) is 5.43 Å². The lowest BCUT2D eigenvalue weighted by Gasteiger charge is -2.16. The molecule has 0 amide bonds. The van der Waals surface area contributed by atoms with Crippen molar-refractivity contribution in [3.63, 3.8) is 0 Å². The molecule has 0 aliphatic heterocycles. The summed E-state index contributed by atoms with van der Waals surface area (Å²) in [6.07, 6.45) is 0.858. The van der Waals surface area contributed by atoms with Gasteiger partial charge in [-0.05, 0) is 31.0 Å². The first-order valence-electron chi connectivity index (χ1n) is 5.49. The van der Waals surface area contributed by atoms with Gasteiger partial charge in [-0.2, -0.15) is 0 Å². The molecule has 1 aromatic rings. The maximum absolute atomic E-state index is 5.52. The van der Waals surface area contributed by atoms with Crippen molar-refractivity contribution < 1.29 is 9.47 Å². The maximum Gasteiger partial charge on any atom is 0.118 e. The van der Waals surface area contributed by atoms with E-state index in [4.69, 9.17) is 15.3 Å². The third kappa shape index (κ3) is 3.81. The van der Waals surface area contributed by atoms with Gasteiger partial charge in [0.15, 0.2) is 0 Å². The van der Waals surface area contributed by atoms with Crippen LogP contribution >= 0.6 is 0 Å². The Bertz CT molecular complexity index is 288. The van der Waals surface area contributed by atoms with Crippen molar-refractivity contribution in [3.8, 4) is 5.75 Å². The van der Waals surface area contributed by atoms with Crippen LogP contribution in [0.15, 0.2) is 24.3 Å². The summed E-state index contributed by atoms with van der Waals surface area (Å²) in [7, 11) is 1.66. The highest BCUT2D eigenvalue weighted by molar-refractivity contribution is 5.29. The fraction of sp³-hybridized carbons (Fsp3) is 0.500. The molecule has 0 bridgehead atoms. The minimum absolute atomic E-state index is 0.123. The number of nitrogens with one attached hydrogen (secondary N) is 1. The van der Waals surface area contributed by atoms with Gasteiger partial charge in [0.25, 0.3) is 0 Å². The first-order chi connectivity index (χ1) is 7.81. The van der Waals surface area contributed by atoms with Gasteiger partial charge >= 0.3 is 0 Å². The van der Waals surface area contributed by atoms with E-state index in [1.165, 1.54) is 0 Å². The van der Waals surface area contributed by atoms with Crippen molar-refractivity contribution in [2.45, 2.75) is 19.4 Å². The standard InChI is InChI=1S/C12H20N2O2/c1-3-16-9-8-12(14-13)10-4-6-11(15-2)7-5-10/h4-7,12,14H,3,8-9,13H2,1-2H3. The van der Waals surface area contributed by atoms with Crippen molar-refractivity contribution in [2.24, 2.45) is 5.84 Å². The van der Waals surface area contributed by atoms with Crippen molar-refractivity contribution >= 4 is 0 Å². The van der Waals surface area contributed by atoms with Crippen LogP contribution in [0.25, 0.3) is 0 Å². The molecule has 0 spiro atoms. The van der Waals surface area contributed by atoms with Crippen molar-refractivity contribution in [3.05, 3.63) is 29.8 Å². The van der Waals surface area contributed by atoms with Crippen molar-refractivity contribution in [2.75, 3.05) is 20.3 Å². The zero-order valence-electron chi connectivity index (χ0n) is 9.90. The van der Waals surface area contributed by atoms with Crippen LogP contribution in [0.3, 0.4) is 0 Å². The van der Waals surface area contributed by atoms with E-state index in [1.54, 1.807) is 7.11 Å². The summed E-state index contributed by atoms with van der Waals surface area (Å²) in [5, 5.41) is 0. The Morgan fingerprint density at radius 1 is 1.31 bits per heavy atom. The van der Waals surface area contributed by atoms with Crippen LogP contribution in [0.5, 0.6) is 5.75 Å². The lowest BCUT2D eigenvalue weighted by Crippen LogP contribution is -2.28. The summed E-state index contributed by atoms with van der Waals surface area (Å²) in [5.74, 6) is 6.37. The monoisotopic (exact) mass is 224 g/mol. The van der Waals surface area contributed by atoms with Gasteiger partial charge in [-0.15, -0.1) is 0 Å². The normalized spacial score (nSPS) is 12.4. The van der Waals surface area contributed by atoms with E-state index >= 15 is 0 Å². The predicted octanol–water partition coefficient (Wildman–Crippen LogP) is 1.63. The first kappa shape index (κ1) is 13.0. The van der Waals surface area contributed by atoms with E-state index in [1.807, 2.05) is 31.2 Å². The molecular weight excluding hydrogens is 204 g/mol. The Hall–Kier alpha value is -1.10. The third-order valence-corrected chi connectivity index (χ3v) is 2.47. The lowest BCUT2D eigenvalue weighted by molar-refractivity contribution is 0.136. The van der Waals surface area contributed by atoms with Gasteiger partial charge in [-0.25, -0.2) is 0 Å². The summed E-state index contributed by atoms with van der Waals surface area (Å²) in [6.45, 7) is 3.43. The zero-order valence-corrected chi connectivity index (χ0v) is 9.90. The van der Waals surface area contributed by atoms with Crippen molar-refractivity contribution in [1.29, 1.82) is 0 Å². The molecule has 1 atom stereocenters. The Balaban J connectivity index is 2.56. The number of hydrogen-bond donors (Lipinski definition) is 2. The van der Waals surface area contributed by atoms with Gasteiger partial charge in [-0.1, -0.05) is 12.1 Å². The van der Waals surface area contributed by atoms with Crippen LogP contribution in [0.2, 0.25) is 0 Å². The van der Waals surface area contributed by atoms with Crippen LogP contribution in [0, 0.1) is 0 Å². The van der Waals surface area contributed by atoms with Gasteiger partial charge in [-0.3, -0.25) is 11.3 Å². The second kappa shape index (κ2) is 7.22. The smallest absolute Gasteiger partial charge is 0.118 e. The van der Waals surface area contributed by atoms with E-state index in [-0.39, 0.29) is 6.04 Å². The molecule has 1 unspecified atom stereocenters. The largest absolute Gasteiger partial charge is 0.497 e. The molecule has 0 saturated heterocycles. The number of methoxy groups -OCH3 is 1. The van der Waals surface area contributed by atoms with Crippen LogP contribution < -0.4 is 16.0 Å². The molecule has 0 fully saturated rings. The highest BCUT2D eigenvalue weighted by atomic mass is 16.5. The molecule has 4 heteroatoms. The summed E-state index contributed by atoms with van der Waals surface area (Å²) in [4.78, 5) is 0. The fourth-order valence-electron chi connectivity index (χ4n) is 1.53. The average Bonchev–Trinajstić information content (AvgIpc) is 2.35. The molecule has 16 heavy (non-hydrogen) atoms. The van der Waals surface area contributed by atoms with E-state index in [0.29, 0.717) is 6.61 Å². The number of ether oxygens (including phenoxy) is 2. The number of rotatable bonds is 7. The molecule has 0 saturated carbocycles. The summed E-state index contributed by atoms with van der Waals surface area (Å²) < 4.78 is 10.4. The van der Waals surface area contributed by atoms with Crippen LogP contribution in [-0.4, -0.2) is 20.3 Å². The molecule has 0 radical (unpaired) electrons. The van der Waals surface area contributed by atoms with Crippen LogP contribution in [-0.2, 0) is 4.74 Å². The molecule has 1 aromatic carbocycles. The summed E-state index contributed by atoms with van der Waals surface area (Å²) in [5.41, 5.74) is 3.94. The number of hydrogen-bond acceptors (Lipinski definition) is 4. The Kier molecular flexibility index (Phi) is 5.85. The van der Waals surface area contributed by atoms with Gasteiger partial charge in [0.05, 0.1) is 7.11 Å². The average molecular weight is 224 g/mol. The SMILES string of the molecule is CCOCCC(NN)c1ccc(OC)cc1. The second-order valence-corrected chi connectivity index (χ2v) is 3.48. The minimum Gasteiger partial charge on any atom is -0.497 e. The molecular formula is C12H20N2O2. The predicted molar refractivity (Wildman–Crippen MR) is 64.2 cm³/mol. The molecule has 0 aliphatic carbocycles. The first-order valence-corrected chi connectivity index (χ1v) is 5.49. The highest BCUT2D eigenvalue weighted by Gasteiger charge is 2.09. The zero-order chi connectivity index (χ0) is 11.8. The van der Waals surface area contributed by atoms with Gasteiger partial charge in [0, 0.05) is 19.3 Å². The Morgan fingerprint density at radius 2 is 2.00 bits per heavy atom. The lowest BCUT2D eigenvalue weighted by atomic mass is 10.0. The molecule has 0 aromatic heterocycles. The molecule has 1 rings (SSSR count). The van der Waals surface area contributed by atoms with Crippen LogP contribution in [0.1, 0.15) is 24.9 Å². The van der Waals surface area contributed by atoms with E-state index in [0.717, 1.165) is 24.3 Å². The second-order valence-electron chi connectivity index (χ2n) is 3.48. The summed E-state index contributed by atoms with van der Waals surface area (Å²) >= 11 is 0. The van der Waals surface area contributed by atoms with Gasteiger partial charge in [0.2, 0.25) is 0 Å². The fourth-order valence-corrected chi connectivity index (χ4v) is 1.53. The van der Waals surface area contributed by atoms with E-state index in [2.05, 4.69) is 5.43 Å². The number of benzene rings is 1. The van der Waals surface area contributed by atoms with E-state index < -0.39 is 0 Å². The van der Waals surface area contributed by atoms with E-state index in [9.17, 15) is 0 Å². The molecule has 0 aliphatic rings. The third-order valence-electron chi connectivity index (χ3n) is 2.47.